The number of para-hydroxylation sites is 1. The van der Waals surface area contributed by atoms with E-state index in [-0.39, 0.29) is 24.3 Å². The summed E-state index contributed by atoms with van der Waals surface area (Å²) < 4.78 is 0. The fourth-order valence-corrected chi connectivity index (χ4v) is 5.37. The molecule has 5 rings (SSSR count). The first kappa shape index (κ1) is 20.8. The first-order chi connectivity index (χ1) is 15.3. The first-order valence-electron chi connectivity index (χ1n) is 11.6. The smallest absolute Gasteiger partial charge is 0.254 e. The Balaban J connectivity index is 1.69. The molecule has 2 amide bonds. The van der Waals surface area contributed by atoms with Crippen LogP contribution in [0, 0.1) is 12.8 Å². The third-order valence-electron chi connectivity index (χ3n) is 7.27. The molecule has 166 valence electrons. The molecule has 5 nitrogen and oxygen atoms in total. The minimum atomic E-state index is -1.01. The lowest BCUT2D eigenvalue weighted by atomic mass is 9.76. The number of rotatable bonds is 4. The Kier molecular flexibility index (Phi) is 4.88. The largest absolute Gasteiger partial charge is 0.356 e. The maximum absolute atomic E-state index is 13.9. The van der Waals surface area contributed by atoms with Crippen molar-refractivity contribution in [2.75, 3.05) is 19.6 Å². The fraction of sp³-hybridized carbons (Fsp3) is 0.407. The SMILES string of the molecule is Cc1ccc(C2CN3C(=O)CN(CCC(C)C)C(=O)[C@]3(C)c3[nH]c4ccccc4c32)cc1. The van der Waals surface area contributed by atoms with E-state index in [1.165, 1.54) is 11.1 Å². The van der Waals surface area contributed by atoms with E-state index in [0.717, 1.165) is 28.6 Å². The van der Waals surface area contributed by atoms with E-state index < -0.39 is 5.54 Å². The number of H-pyrrole nitrogens is 1. The van der Waals surface area contributed by atoms with E-state index in [4.69, 9.17) is 0 Å². The first-order valence-corrected chi connectivity index (χ1v) is 11.6. The zero-order valence-electron chi connectivity index (χ0n) is 19.3. The third kappa shape index (κ3) is 3.06. The summed E-state index contributed by atoms with van der Waals surface area (Å²) >= 11 is 0. The second-order valence-electron chi connectivity index (χ2n) is 9.91. The molecule has 0 spiro atoms. The molecule has 1 saturated heterocycles. The normalized spacial score (nSPS) is 23.1. The fourth-order valence-electron chi connectivity index (χ4n) is 5.37. The van der Waals surface area contributed by atoms with Gasteiger partial charge >= 0.3 is 0 Å². The van der Waals surface area contributed by atoms with Crippen LogP contribution in [0.15, 0.2) is 48.5 Å². The standard InChI is InChI=1S/C27H31N3O2/c1-17(2)13-14-29-16-23(31)30-15-21(19-11-9-18(3)10-12-19)24-20-7-5-6-8-22(20)28-25(24)27(30,4)26(29)32/h5-12,17,21,28H,13-16H2,1-4H3/t21?,27-/m0/s1. The minimum Gasteiger partial charge on any atom is -0.356 e. The highest BCUT2D eigenvalue weighted by molar-refractivity contribution is 6.01. The summed E-state index contributed by atoms with van der Waals surface area (Å²) in [5.74, 6) is 0.545. The average molecular weight is 430 g/mol. The van der Waals surface area contributed by atoms with Crippen LogP contribution in [0.1, 0.15) is 55.5 Å². The molecule has 2 aliphatic heterocycles. The zero-order valence-corrected chi connectivity index (χ0v) is 19.3. The molecule has 1 aromatic heterocycles. The van der Waals surface area contributed by atoms with Crippen molar-refractivity contribution < 1.29 is 9.59 Å². The molecule has 3 aromatic rings. The summed E-state index contributed by atoms with van der Waals surface area (Å²) in [6, 6.07) is 16.8. The van der Waals surface area contributed by atoms with Crippen LogP contribution in [0.5, 0.6) is 0 Å². The van der Waals surface area contributed by atoms with E-state index >= 15 is 0 Å². The average Bonchev–Trinajstić information content (AvgIpc) is 3.17. The predicted molar refractivity (Wildman–Crippen MR) is 126 cm³/mol. The lowest BCUT2D eigenvalue weighted by Crippen LogP contribution is -2.67. The van der Waals surface area contributed by atoms with Crippen LogP contribution in [0.3, 0.4) is 0 Å². The molecule has 5 heteroatoms. The number of carbonyl (C=O) groups is 2. The number of nitrogens with zero attached hydrogens (tertiary/aromatic N) is 2. The van der Waals surface area contributed by atoms with Crippen LogP contribution >= 0.6 is 0 Å². The van der Waals surface area contributed by atoms with Crippen molar-refractivity contribution in [1.29, 1.82) is 0 Å². The summed E-state index contributed by atoms with van der Waals surface area (Å²) in [4.78, 5) is 34.4. The third-order valence-corrected chi connectivity index (χ3v) is 7.27. The summed E-state index contributed by atoms with van der Waals surface area (Å²) in [5.41, 5.74) is 4.39. The Morgan fingerprint density at radius 1 is 1.09 bits per heavy atom. The van der Waals surface area contributed by atoms with Gasteiger partial charge in [-0.15, -0.1) is 0 Å². The van der Waals surface area contributed by atoms with E-state index in [2.05, 4.69) is 62.2 Å². The van der Waals surface area contributed by atoms with E-state index in [0.29, 0.717) is 19.0 Å². The summed E-state index contributed by atoms with van der Waals surface area (Å²) in [5, 5.41) is 1.13. The Hall–Kier alpha value is -3.08. The van der Waals surface area contributed by atoms with Gasteiger partial charge in [-0.2, -0.15) is 0 Å². The minimum absolute atomic E-state index is 0.0212. The van der Waals surface area contributed by atoms with Gasteiger partial charge in [-0.3, -0.25) is 9.59 Å². The number of aromatic nitrogens is 1. The highest BCUT2D eigenvalue weighted by Crippen LogP contribution is 2.48. The van der Waals surface area contributed by atoms with Crippen molar-refractivity contribution in [2.24, 2.45) is 5.92 Å². The molecular formula is C27H31N3O2. The maximum atomic E-state index is 13.9. The lowest BCUT2D eigenvalue weighted by molar-refractivity contribution is -0.166. The van der Waals surface area contributed by atoms with Gasteiger partial charge in [-0.05, 0) is 43.4 Å². The highest BCUT2D eigenvalue weighted by atomic mass is 16.2. The lowest BCUT2D eigenvalue weighted by Gasteiger charge is -2.51. The number of nitrogens with one attached hydrogen (secondary N) is 1. The number of hydrogen-bond donors (Lipinski definition) is 1. The van der Waals surface area contributed by atoms with Crippen molar-refractivity contribution in [1.82, 2.24) is 14.8 Å². The van der Waals surface area contributed by atoms with Gasteiger partial charge in [0.15, 0.2) is 5.54 Å². The van der Waals surface area contributed by atoms with Crippen molar-refractivity contribution in [3.63, 3.8) is 0 Å². The Bertz CT molecular complexity index is 1190. The van der Waals surface area contributed by atoms with Gasteiger partial charge in [0.05, 0.1) is 12.2 Å². The molecule has 0 aliphatic carbocycles. The van der Waals surface area contributed by atoms with Gasteiger partial charge < -0.3 is 14.8 Å². The molecule has 1 unspecified atom stereocenters. The zero-order chi connectivity index (χ0) is 22.6. The van der Waals surface area contributed by atoms with Gasteiger partial charge in [0, 0.05) is 29.9 Å². The number of fused-ring (bicyclic) bond motifs is 5. The molecule has 0 saturated carbocycles. The van der Waals surface area contributed by atoms with E-state index in [1.54, 1.807) is 4.90 Å². The van der Waals surface area contributed by atoms with Gasteiger partial charge in [-0.1, -0.05) is 61.9 Å². The van der Waals surface area contributed by atoms with Crippen LogP contribution in [-0.4, -0.2) is 46.2 Å². The van der Waals surface area contributed by atoms with Crippen LogP contribution < -0.4 is 0 Å². The van der Waals surface area contributed by atoms with Crippen molar-refractivity contribution in [2.45, 2.75) is 45.6 Å². The van der Waals surface area contributed by atoms with E-state index in [9.17, 15) is 9.59 Å². The molecule has 1 N–H and O–H groups in total. The van der Waals surface area contributed by atoms with E-state index in [1.807, 2.05) is 24.0 Å². The summed E-state index contributed by atoms with van der Waals surface area (Å²) in [6.45, 7) is 9.59. The number of carbonyl (C=O) groups excluding carboxylic acids is 2. The molecule has 1 fully saturated rings. The van der Waals surface area contributed by atoms with Gasteiger partial charge in [0.25, 0.3) is 5.91 Å². The second kappa shape index (κ2) is 7.51. The summed E-state index contributed by atoms with van der Waals surface area (Å²) in [7, 11) is 0. The molecule has 0 radical (unpaired) electrons. The van der Waals surface area contributed by atoms with Crippen LogP contribution in [0.25, 0.3) is 10.9 Å². The van der Waals surface area contributed by atoms with Gasteiger partial charge in [0.2, 0.25) is 5.91 Å². The Morgan fingerprint density at radius 3 is 2.53 bits per heavy atom. The number of piperazine rings is 1. The monoisotopic (exact) mass is 429 g/mol. The number of amides is 2. The van der Waals surface area contributed by atoms with Crippen LogP contribution in [0.4, 0.5) is 0 Å². The predicted octanol–water partition coefficient (Wildman–Crippen LogP) is 4.55. The molecular weight excluding hydrogens is 398 g/mol. The van der Waals surface area contributed by atoms with Crippen molar-refractivity contribution >= 4 is 22.7 Å². The quantitative estimate of drug-likeness (QED) is 0.661. The molecule has 2 atom stereocenters. The molecule has 3 heterocycles. The van der Waals surface area contributed by atoms with Crippen LogP contribution in [-0.2, 0) is 15.1 Å². The molecule has 2 aromatic carbocycles. The highest BCUT2D eigenvalue weighted by Gasteiger charge is 2.56. The van der Waals surface area contributed by atoms with Crippen LogP contribution in [0.2, 0.25) is 0 Å². The molecule has 2 aliphatic rings. The van der Waals surface area contributed by atoms with Gasteiger partial charge in [-0.25, -0.2) is 0 Å². The van der Waals surface area contributed by atoms with Crippen molar-refractivity contribution in [3.05, 3.63) is 70.9 Å². The maximum Gasteiger partial charge on any atom is 0.254 e. The Morgan fingerprint density at radius 2 is 1.81 bits per heavy atom. The number of benzene rings is 2. The Labute approximate surface area is 189 Å². The molecule has 0 bridgehead atoms. The number of aryl methyl sites for hydroxylation is 1. The van der Waals surface area contributed by atoms with Gasteiger partial charge in [0.1, 0.15) is 0 Å². The molecule has 32 heavy (non-hydrogen) atoms. The van der Waals surface area contributed by atoms with Crippen molar-refractivity contribution in [3.8, 4) is 0 Å². The topological polar surface area (TPSA) is 56.4 Å². The number of aromatic amines is 1. The summed E-state index contributed by atoms with van der Waals surface area (Å²) in [6.07, 6.45) is 0.890. The number of hydrogen-bond acceptors (Lipinski definition) is 2. The second-order valence-corrected chi connectivity index (χ2v) is 9.91.